The van der Waals surface area contributed by atoms with Crippen LogP contribution in [0.5, 0.6) is 0 Å². The van der Waals surface area contributed by atoms with E-state index in [1.54, 1.807) is 0 Å². The Bertz CT molecular complexity index is 506. The Labute approximate surface area is 176 Å². The minimum atomic E-state index is 0. The van der Waals surface area contributed by atoms with Crippen molar-refractivity contribution in [2.24, 2.45) is 4.99 Å². The molecule has 2 N–H and O–H groups in total. The van der Waals surface area contributed by atoms with Gasteiger partial charge in [0.15, 0.2) is 11.7 Å². The van der Waals surface area contributed by atoms with Gasteiger partial charge in [0.25, 0.3) is 0 Å². The fraction of sp³-hybridized carbons (Fsp3) is 0.789. The van der Waals surface area contributed by atoms with E-state index in [1.165, 1.54) is 0 Å². The SMILES string of the molecule is CCNC(=NCc1cc(C(C)C)no1)NCCCN(C(C)C)C(C)C.I. The molecule has 0 aromatic carbocycles. The lowest BCUT2D eigenvalue weighted by molar-refractivity contribution is 0.173. The zero-order chi connectivity index (χ0) is 18.8. The minimum absolute atomic E-state index is 0. The first-order valence-electron chi connectivity index (χ1n) is 9.58. The van der Waals surface area contributed by atoms with E-state index in [1.807, 2.05) is 6.07 Å². The second-order valence-corrected chi connectivity index (χ2v) is 7.27. The number of nitrogens with zero attached hydrogens (tertiary/aromatic N) is 3. The van der Waals surface area contributed by atoms with Gasteiger partial charge in [-0.05, 0) is 47.0 Å². The predicted molar refractivity (Wildman–Crippen MR) is 120 cm³/mol. The van der Waals surface area contributed by atoms with E-state index < -0.39 is 0 Å². The van der Waals surface area contributed by atoms with Crippen LogP contribution in [0.2, 0.25) is 0 Å². The van der Waals surface area contributed by atoms with Crippen LogP contribution in [0.25, 0.3) is 0 Å². The highest BCUT2D eigenvalue weighted by atomic mass is 127. The van der Waals surface area contributed by atoms with Gasteiger partial charge in [0.2, 0.25) is 0 Å². The second-order valence-electron chi connectivity index (χ2n) is 7.27. The molecule has 0 atom stereocenters. The molecule has 152 valence electrons. The lowest BCUT2D eigenvalue weighted by Gasteiger charge is -2.30. The van der Waals surface area contributed by atoms with Crippen molar-refractivity contribution < 1.29 is 4.52 Å². The maximum atomic E-state index is 5.34. The number of rotatable bonds is 10. The Kier molecular flexibility index (Phi) is 12.9. The number of aliphatic imine (C=N–C) groups is 1. The molecule has 0 amide bonds. The summed E-state index contributed by atoms with van der Waals surface area (Å²) in [4.78, 5) is 7.10. The Morgan fingerprint density at radius 1 is 1.15 bits per heavy atom. The normalized spacial score (nSPS) is 12.2. The summed E-state index contributed by atoms with van der Waals surface area (Å²) in [6.07, 6.45) is 1.08. The van der Waals surface area contributed by atoms with Gasteiger partial charge >= 0.3 is 0 Å². The van der Waals surface area contributed by atoms with Crippen LogP contribution < -0.4 is 10.6 Å². The number of aromatic nitrogens is 1. The molecule has 0 aliphatic rings. The first kappa shape index (κ1) is 25.2. The highest BCUT2D eigenvalue weighted by molar-refractivity contribution is 14.0. The Morgan fingerprint density at radius 2 is 1.81 bits per heavy atom. The molecule has 6 nitrogen and oxygen atoms in total. The number of guanidine groups is 1. The first-order chi connectivity index (χ1) is 11.8. The van der Waals surface area contributed by atoms with Crippen molar-refractivity contribution in [3.05, 3.63) is 17.5 Å². The van der Waals surface area contributed by atoms with Crippen LogP contribution >= 0.6 is 24.0 Å². The van der Waals surface area contributed by atoms with Gasteiger partial charge in [-0.3, -0.25) is 4.90 Å². The monoisotopic (exact) mass is 479 g/mol. The lowest BCUT2D eigenvalue weighted by atomic mass is 10.1. The Morgan fingerprint density at radius 3 is 2.31 bits per heavy atom. The Hall–Kier alpha value is -0.830. The van der Waals surface area contributed by atoms with Crippen molar-refractivity contribution in [3.63, 3.8) is 0 Å². The molecule has 0 saturated carbocycles. The fourth-order valence-corrected chi connectivity index (χ4v) is 2.76. The van der Waals surface area contributed by atoms with Crippen molar-refractivity contribution >= 4 is 29.9 Å². The number of nitrogens with one attached hydrogen (secondary N) is 2. The van der Waals surface area contributed by atoms with Crippen molar-refractivity contribution in [2.75, 3.05) is 19.6 Å². The molecular formula is C19H38IN5O. The maximum absolute atomic E-state index is 5.34. The molecule has 0 spiro atoms. The first-order valence-corrected chi connectivity index (χ1v) is 9.58. The Balaban J connectivity index is 0.00000625. The van der Waals surface area contributed by atoms with Gasteiger partial charge in [-0.25, -0.2) is 4.99 Å². The summed E-state index contributed by atoms with van der Waals surface area (Å²) >= 11 is 0. The topological polar surface area (TPSA) is 65.7 Å². The second kappa shape index (κ2) is 13.4. The van der Waals surface area contributed by atoms with E-state index in [9.17, 15) is 0 Å². The maximum Gasteiger partial charge on any atom is 0.191 e. The summed E-state index contributed by atoms with van der Waals surface area (Å²) in [6.45, 7) is 18.6. The molecule has 1 aromatic rings. The van der Waals surface area contributed by atoms with Gasteiger partial charge in [0.1, 0.15) is 6.54 Å². The smallest absolute Gasteiger partial charge is 0.191 e. The van der Waals surface area contributed by atoms with E-state index in [-0.39, 0.29) is 24.0 Å². The highest BCUT2D eigenvalue weighted by Crippen LogP contribution is 2.14. The van der Waals surface area contributed by atoms with Gasteiger partial charge in [-0.15, -0.1) is 24.0 Å². The van der Waals surface area contributed by atoms with Crippen LogP contribution in [0.1, 0.15) is 72.3 Å². The molecule has 1 heterocycles. The standard InChI is InChI=1S/C19H37N5O.HI/c1-8-20-19(21-10-9-11-24(15(4)5)16(6)7)22-13-17-12-18(14(2)3)23-25-17;/h12,14-16H,8-11,13H2,1-7H3,(H2,20,21,22);1H. The van der Waals surface area contributed by atoms with Crippen LogP contribution in [-0.4, -0.2) is 47.7 Å². The van der Waals surface area contributed by atoms with Crippen LogP contribution in [0, 0.1) is 0 Å². The zero-order valence-electron chi connectivity index (χ0n) is 17.5. The van der Waals surface area contributed by atoms with E-state index in [0.717, 1.165) is 43.5 Å². The van der Waals surface area contributed by atoms with E-state index >= 15 is 0 Å². The lowest BCUT2D eigenvalue weighted by Crippen LogP contribution is -2.41. The summed E-state index contributed by atoms with van der Waals surface area (Å²) < 4.78 is 5.34. The molecule has 0 unspecified atom stereocenters. The summed E-state index contributed by atoms with van der Waals surface area (Å²) in [5.74, 6) is 2.00. The quantitative estimate of drug-likeness (QED) is 0.230. The summed E-state index contributed by atoms with van der Waals surface area (Å²) in [5.41, 5.74) is 0.977. The fourth-order valence-electron chi connectivity index (χ4n) is 2.76. The van der Waals surface area contributed by atoms with Crippen LogP contribution in [0.3, 0.4) is 0 Å². The van der Waals surface area contributed by atoms with E-state index in [0.29, 0.717) is 24.5 Å². The van der Waals surface area contributed by atoms with E-state index in [4.69, 9.17) is 4.52 Å². The molecule has 1 aromatic heterocycles. The van der Waals surface area contributed by atoms with Crippen molar-refractivity contribution in [2.45, 2.75) is 79.4 Å². The average molecular weight is 479 g/mol. The third-order valence-corrected chi connectivity index (χ3v) is 4.12. The summed E-state index contributed by atoms with van der Waals surface area (Å²) in [6, 6.07) is 3.13. The van der Waals surface area contributed by atoms with Gasteiger partial charge in [-0.1, -0.05) is 19.0 Å². The minimum Gasteiger partial charge on any atom is -0.359 e. The van der Waals surface area contributed by atoms with Crippen molar-refractivity contribution in [1.82, 2.24) is 20.7 Å². The number of hydrogen-bond acceptors (Lipinski definition) is 4. The third-order valence-electron chi connectivity index (χ3n) is 4.12. The molecule has 0 bridgehead atoms. The van der Waals surface area contributed by atoms with Gasteiger partial charge in [-0.2, -0.15) is 0 Å². The van der Waals surface area contributed by atoms with Crippen molar-refractivity contribution in [1.29, 1.82) is 0 Å². The zero-order valence-corrected chi connectivity index (χ0v) is 19.8. The molecule has 7 heteroatoms. The molecule has 1 rings (SSSR count). The van der Waals surface area contributed by atoms with Crippen molar-refractivity contribution in [3.8, 4) is 0 Å². The number of hydrogen-bond donors (Lipinski definition) is 2. The summed E-state index contributed by atoms with van der Waals surface area (Å²) in [5, 5.41) is 10.8. The molecule has 26 heavy (non-hydrogen) atoms. The molecule has 0 fully saturated rings. The van der Waals surface area contributed by atoms with Crippen LogP contribution in [0.15, 0.2) is 15.6 Å². The highest BCUT2D eigenvalue weighted by Gasteiger charge is 2.12. The van der Waals surface area contributed by atoms with Gasteiger partial charge in [0, 0.05) is 37.8 Å². The predicted octanol–water partition coefficient (Wildman–Crippen LogP) is 3.98. The van der Waals surface area contributed by atoms with Gasteiger partial charge in [0.05, 0.1) is 5.69 Å². The van der Waals surface area contributed by atoms with E-state index in [2.05, 4.69) is 74.1 Å². The third kappa shape index (κ3) is 9.21. The summed E-state index contributed by atoms with van der Waals surface area (Å²) in [7, 11) is 0. The van der Waals surface area contributed by atoms with Gasteiger partial charge < -0.3 is 15.2 Å². The molecule has 0 saturated heterocycles. The largest absolute Gasteiger partial charge is 0.359 e. The average Bonchev–Trinajstić information content (AvgIpc) is 3.00. The molecule has 0 radical (unpaired) electrons. The van der Waals surface area contributed by atoms with Crippen LogP contribution in [0.4, 0.5) is 0 Å². The molecule has 0 aliphatic heterocycles. The molecular weight excluding hydrogens is 441 g/mol. The molecule has 0 aliphatic carbocycles. The number of halogens is 1. The van der Waals surface area contributed by atoms with Crippen LogP contribution in [-0.2, 0) is 6.54 Å².